The van der Waals surface area contributed by atoms with Crippen LogP contribution in [0.1, 0.15) is 37.0 Å². The molecule has 1 rings (SSSR count). The summed E-state index contributed by atoms with van der Waals surface area (Å²) in [6, 6.07) is 0. The molecule has 5 nitrogen and oxygen atoms in total. The highest BCUT2D eigenvalue weighted by Crippen LogP contribution is 2.30. The zero-order valence-corrected chi connectivity index (χ0v) is 10.5. The summed E-state index contributed by atoms with van der Waals surface area (Å²) in [6.45, 7) is 5.96. The molecule has 0 aliphatic rings. The molecule has 1 heterocycles. The van der Waals surface area contributed by atoms with Crippen LogP contribution in [-0.2, 0) is 0 Å². The summed E-state index contributed by atoms with van der Waals surface area (Å²) in [5.41, 5.74) is 11.3. The minimum absolute atomic E-state index is 0.240. The molecule has 1 aromatic heterocycles. The van der Waals surface area contributed by atoms with Crippen molar-refractivity contribution in [3.8, 4) is 0 Å². The fourth-order valence-electron chi connectivity index (χ4n) is 1.60. The molecule has 0 radical (unpaired) electrons. The molecular weight excluding hydrogens is 224 g/mol. The van der Waals surface area contributed by atoms with Crippen LogP contribution in [0.15, 0.2) is 0 Å². The lowest BCUT2D eigenvalue weighted by Crippen LogP contribution is -2.27. The molecule has 90 valence electrons. The molecule has 1 aromatic rings. The first-order valence-electron chi connectivity index (χ1n) is 5.41. The van der Waals surface area contributed by atoms with Gasteiger partial charge in [0, 0.05) is 13.1 Å². The molecule has 0 aliphatic carbocycles. The Kier molecular flexibility index (Phi) is 4.54. The van der Waals surface area contributed by atoms with Crippen LogP contribution in [0.2, 0.25) is 0 Å². The van der Waals surface area contributed by atoms with E-state index in [1.54, 1.807) is 0 Å². The predicted octanol–water partition coefficient (Wildman–Crippen LogP) is 1.45. The number of carbonyl (C=O) groups is 1. The first kappa shape index (κ1) is 12.8. The average molecular weight is 242 g/mol. The van der Waals surface area contributed by atoms with Gasteiger partial charge in [0.2, 0.25) is 0 Å². The van der Waals surface area contributed by atoms with E-state index in [0.29, 0.717) is 5.56 Å². The summed E-state index contributed by atoms with van der Waals surface area (Å²) in [4.78, 5) is 13.4. The van der Waals surface area contributed by atoms with Gasteiger partial charge < -0.3 is 16.4 Å². The first-order chi connectivity index (χ1) is 7.61. The lowest BCUT2D eigenvalue weighted by atomic mass is 10.2. The van der Waals surface area contributed by atoms with E-state index >= 15 is 0 Å². The Hall–Kier alpha value is -1.30. The van der Waals surface area contributed by atoms with Crippen molar-refractivity contribution >= 4 is 28.3 Å². The summed E-state index contributed by atoms with van der Waals surface area (Å²) in [6.07, 6.45) is 2.02. The highest BCUT2D eigenvalue weighted by Gasteiger charge is 2.20. The molecular formula is C10H18N4OS. The molecule has 16 heavy (non-hydrogen) atoms. The van der Waals surface area contributed by atoms with Gasteiger partial charge in [-0.15, -0.1) is 0 Å². The average Bonchev–Trinajstić information content (AvgIpc) is 2.60. The summed E-state index contributed by atoms with van der Waals surface area (Å²) >= 11 is 1.24. The molecule has 0 fully saturated rings. The minimum atomic E-state index is -0.501. The molecule has 6 heteroatoms. The monoisotopic (exact) mass is 242 g/mol. The number of carbonyl (C=O) groups excluding carboxylic acids is 1. The molecule has 0 bridgehead atoms. The van der Waals surface area contributed by atoms with E-state index in [0.717, 1.165) is 30.9 Å². The molecule has 0 aromatic carbocycles. The predicted molar refractivity (Wildman–Crippen MR) is 67.8 cm³/mol. The van der Waals surface area contributed by atoms with Crippen LogP contribution in [0.3, 0.4) is 0 Å². The van der Waals surface area contributed by atoms with Crippen molar-refractivity contribution in [1.82, 2.24) is 4.37 Å². The van der Waals surface area contributed by atoms with Crippen LogP contribution in [-0.4, -0.2) is 23.4 Å². The second-order valence-corrected chi connectivity index (χ2v) is 4.35. The zero-order valence-electron chi connectivity index (χ0n) is 9.69. The Morgan fingerprint density at radius 1 is 1.38 bits per heavy atom. The number of primary amides is 1. The van der Waals surface area contributed by atoms with Gasteiger partial charge in [0.25, 0.3) is 5.91 Å². The second kappa shape index (κ2) is 5.69. The van der Waals surface area contributed by atoms with E-state index in [2.05, 4.69) is 23.1 Å². The maximum absolute atomic E-state index is 11.3. The first-order valence-corrected chi connectivity index (χ1v) is 6.19. The van der Waals surface area contributed by atoms with Crippen molar-refractivity contribution in [2.75, 3.05) is 23.7 Å². The summed E-state index contributed by atoms with van der Waals surface area (Å²) in [7, 11) is 0. The number of aromatic nitrogens is 1. The van der Waals surface area contributed by atoms with E-state index in [1.807, 2.05) is 0 Å². The van der Waals surface area contributed by atoms with E-state index in [-0.39, 0.29) is 5.82 Å². The van der Waals surface area contributed by atoms with Gasteiger partial charge in [-0.3, -0.25) is 4.79 Å². The fourth-order valence-corrected chi connectivity index (χ4v) is 2.47. The van der Waals surface area contributed by atoms with Gasteiger partial charge in [0.05, 0.1) is 0 Å². The molecule has 0 aliphatic heterocycles. The van der Waals surface area contributed by atoms with Crippen LogP contribution in [0.25, 0.3) is 0 Å². The highest BCUT2D eigenvalue weighted by molar-refractivity contribution is 7.11. The quantitative estimate of drug-likeness (QED) is 0.790. The number of anilines is 2. The van der Waals surface area contributed by atoms with Gasteiger partial charge in [-0.1, -0.05) is 13.8 Å². The molecule has 0 atom stereocenters. The van der Waals surface area contributed by atoms with E-state index in [4.69, 9.17) is 11.5 Å². The number of hydrogen-bond donors (Lipinski definition) is 2. The van der Waals surface area contributed by atoms with Crippen molar-refractivity contribution in [1.29, 1.82) is 0 Å². The third kappa shape index (κ3) is 2.63. The van der Waals surface area contributed by atoms with Crippen LogP contribution in [0.5, 0.6) is 0 Å². The SMILES string of the molecule is CCCN(CCC)c1snc(N)c1C(N)=O. The number of rotatable bonds is 6. The van der Waals surface area contributed by atoms with Crippen LogP contribution in [0, 0.1) is 0 Å². The smallest absolute Gasteiger partial charge is 0.255 e. The second-order valence-electron chi connectivity index (χ2n) is 3.60. The highest BCUT2D eigenvalue weighted by atomic mass is 32.1. The van der Waals surface area contributed by atoms with Gasteiger partial charge >= 0.3 is 0 Å². The number of amides is 1. The summed E-state index contributed by atoms with van der Waals surface area (Å²) in [5.74, 6) is -0.261. The normalized spacial score (nSPS) is 10.4. The Bertz CT molecular complexity index is 358. The zero-order chi connectivity index (χ0) is 12.1. The fraction of sp³-hybridized carbons (Fsp3) is 0.600. The number of nitrogen functional groups attached to an aromatic ring is 1. The largest absolute Gasteiger partial charge is 0.382 e. The van der Waals surface area contributed by atoms with Crippen molar-refractivity contribution in [3.63, 3.8) is 0 Å². The van der Waals surface area contributed by atoms with Crippen molar-refractivity contribution in [2.24, 2.45) is 5.73 Å². The van der Waals surface area contributed by atoms with Gasteiger partial charge in [-0.05, 0) is 24.4 Å². The van der Waals surface area contributed by atoms with E-state index in [1.165, 1.54) is 11.5 Å². The molecule has 1 amide bonds. The molecule has 0 saturated heterocycles. The summed E-state index contributed by atoms with van der Waals surface area (Å²) < 4.78 is 4.00. The number of nitrogens with zero attached hydrogens (tertiary/aromatic N) is 2. The molecule has 0 spiro atoms. The Morgan fingerprint density at radius 3 is 2.38 bits per heavy atom. The van der Waals surface area contributed by atoms with Crippen molar-refractivity contribution < 1.29 is 4.79 Å². The van der Waals surface area contributed by atoms with Gasteiger partial charge in [0.15, 0.2) is 5.82 Å². The maximum atomic E-state index is 11.3. The number of hydrogen-bond acceptors (Lipinski definition) is 5. The molecule has 4 N–H and O–H groups in total. The standard InChI is InChI=1S/C10H18N4OS/c1-3-5-14(6-4-2)10-7(9(12)15)8(11)13-16-10/h3-6H2,1-2H3,(H2,11,13)(H2,12,15). The third-order valence-electron chi connectivity index (χ3n) is 2.22. The minimum Gasteiger partial charge on any atom is -0.382 e. The Morgan fingerprint density at radius 2 is 1.94 bits per heavy atom. The molecule has 0 unspecified atom stereocenters. The van der Waals surface area contributed by atoms with E-state index in [9.17, 15) is 4.79 Å². The van der Waals surface area contributed by atoms with Crippen molar-refractivity contribution in [2.45, 2.75) is 26.7 Å². The third-order valence-corrected chi connectivity index (χ3v) is 3.14. The lowest BCUT2D eigenvalue weighted by molar-refractivity contribution is 0.100. The van der Waals surface area contributed by atoms with Crippen molar-refractivity contribution in [3.05, 3.63) is 5.56 Å². The Balaban J connectivity index is 3.03. The maximum Gasteiger partial charge on any atom is 0.255 e. The number of nitrogens with two attached hydrogens (primary N) is 2. The van der Waals surface area contributed by atoms with Gasteiger partial charge in [-0.25, -0.2) is 0 Å². The van der Waals surface area contributed by atoms with Gasteiger partial charge in [0.1, 0.15) is 10.6 Å². The lowest BCUT2D eigenvalue weighted by Gasteiger charge is -2.22. The van der Waals surface area contributed by atoms with Crippen LogP contribution < -0.4 is 16.4 Å². The molecule has 0 saturated carbocycles. The van der Waals surface area contributed by atoms with E-state index < -0.39 is 5.91 Å². The Labute approximate surface area is 99.6 Å². The topological polar surface area (TPSA) is 85.2 Å². The van der Waals surface area contributed by atoms with Crippen LogP contribution >= 0.6 is 11.5 Å². The summed E-state index contributed by atoms with van der Waals surface area (Å²) in [5, 5.41) is 0.800. The van der Waals surface area contributed by atoms with Crippen LogP contribution in [0.4, 0.5) is 10.8 Å². The van der Waals surface area contributed by atoms with Gasteiger partial charge in [-0.2, -0.15) is 4.37 Å².